The van der Waals surface area contributed by atoms with Gasteiger partial charge in [0.25, 0.3) is 10.0 Å². The van der Waals surface area contributed by atoms with Gasteiger partial charge in [0.2, 0.25) is 0 Å². The third-order valence-corrected chi connectivity index (χ3v) is 7.75. The third kappa shape index (κ3) is 5.77. The number of methoxy groups -OCH3 is 2. The molecule has 1 aliphatic rings. The zero-order valence-electron chi connectivity index (χ0n) is 17.9. The number of nitrogens with one attached hydrogen (secondary N) is 2. The first-order valence-corrected chi connectivity index (χ1v) is 12.7. The fraction of sp³-hybridized carbons (Fsp3) is 0.476. The molecule has 1 saturated carbocycles. The van der Waals surface area contributed by atoms with E-state index in [2.05, 4.69) is 15.0 Å². The number of carbonyl (C=O) groups is 2. The second-order valence-corrected chi connectivity index (χ2v) is 10.1. The minimum Gasteiger partial charge on any atom is -0.468 e. The van der Waals surface area contributed by atoms with E-state index in [1.165, 1.54) is 43.9 Å². The molecule has 1 fully saturated rings. The van der Waals surface area contributed by atoms with Crippen molar-refractivity contribution in [2.24, 2.45) is 11.8 Å². The van der Waals surface area contributed by atoms with E-state index >= 15 is 0 Å². The van der Waals surface area contributed by atoms with Crippen LogP contribution in [-0.2, 0) is 29.1 Å². The first-order chi connectivity index (χ1) is 15.4. The van der Waals surface area contributed by atoms with Crippen molar-refractivity contribution in [3.8, 4) is 0 Å². The van der Waals surface area contributed by atoms with Gasteiger partial charge < -0.3 is 14.8 Å². The quantitative estimate of drug-likeness (QED) is 0.413. The molecule has 1 aromatic carbocycles. The summed E-state index contributed by atoms with van der Waals surface area (Å²) in [6.07, 6.45) is 6.39. The Hall–Kier alpha value is -2.66. The van der Waals surface area contributed by atoms with Crippen molar-refractivity contribution in [2.45, 2.75) is 43.0 Å². The van der Waals surface area contributed by atoms with Crippen molar-refractivity contribution in [2.75, 3.05) is 24.3 Å². The van der Waals surface area contributed by atoms with Gasteiger partial charge in [-0.2, -0.15) is 0 Å². The summed E-state index contributed by atoms with van der Waals surface area (Å²) in [6, 6.07) is 5.60. The lowest BCUT2D eigenvalue weighted by atomic mass is 9.78. The molecule has 0 bridgehead atoms. The van der Waals surface area contributed by atoms with Crippen LogP contribution < -0.4 is 10.0 Å². The van der Waals surface area contributed by atoms with Gasteiger partial charge in [0.05, 0.1) is 25.2 Å². The largest absolute Gasteiger partial charge is 0.468 e. The lowest BCUT2D eigenvalue weighted by Crippen LogP contribution is -2.46. The summed E-state index contributed by atoms with van der Waals surface area (Å²) in [5.74, 6) is -2.37. The van der Waals surface area contributed by atoms with Gasteiger partial charge >= 0.3 is 11.9 Å². The highest BCUT2D eigenvalue weighted by molar-refractivity contribution is 7.93. The molecule has 1 aliphatic carbocycles. The van der Waals surface area contributed by atoms with Gasteiger partial charge in [-0.05, 0) is 43.0 Å². The van der Waals surface area contributed by atoms with Crippen LogP contribution in [0.1, 0.15) is 32.1 Å². The number of aromatic nitrogens is 1. The van der Waals surface area contributed by atoms with Gasteiger partial charge in [0.1, 0.15) is 0 Å². The van der Waals surface area contributed by atoms with Gasteiger partial charge in [0, 0.05) is 17.3 Å². The number of thiazole rings is 1. The lowest BCUT2D eigenvalue weighted by Gasteiger charge is -2.34. The average molecular weight is 482 g/mol. The smallest absolute Gasteiger partial charge is 0.322 e. The standard InChI is InChI=1S/C21H27N3O6S2/c1-29-19(25)17(20(26)30-2)18(14-6-4-3-5-7-14)23-15-8-10-16(11-9-15)32(27,28)24-21-22-12-13-31-21/h8-14,17-18,23H,3-7H2,1-2H3,(H,22,24)/t18-/m1/s1. The molecule has 2 aromatic rings. The first-order valence-electron chi connectivity index (χ1n) is 10.3. The summed E-state index contributed by atoms with van der Waals surface area (Å²) < 4.78 is 37.3. The normalized spacial score (nSPS) is 15.7. The van der Waals surface area contributed by atoms with Crippen molar-refractivity contribution in [3.05, 3.63) is 35.8 Å². The molecule has 9 nitrogen and oxygen atoms in total. The maximum absolute atomic E-state index is 12.6. The molecule has 0 amide bonds. The number of benzene rings is 1. The minimum absolute atomic E-state index is 0.0712. The van der Waals surface area contributed by atoms with Crippen molar-refractivity contribution < 1.29 is 27.5 Å². The van der Waals surface area contributed by atoms with Gasteiger partial charge in [-0.1, -0.05) is 19.3 Å². The molecular weight excluding hydrogens is 454 g/mol. The van der Waals surface area contributed by atoms with Crippen LogP contribution in [0.15, 0.2) is 40.7 Å². The van der Waals surface area contributed by atoms with E-state index in [9.17, 15) is 18.0 Å². The van der Waals surface area contributed by atoms with Crippen LogP contribution in [0.4, 0.5) is 10.8 Å². The van der Waals surface area contributed by atoms with Crippen LogP contribution in [0.25, 0.3) is 0 Å². The molecule has 2 N–H and O–H groups in total. The summed E-state index contributed by atoms with van der Waals surface area (Å²) in [6.45, 7) is 0. The van der Waals surface area contributed by atoms with Crippen molar-refractivity contribution >= 4 is 44.1 Å². The minimum atomic E-state index is -3.78. The number of esters is 2. The second kappa shape index (κ2) is 10.8. The Balaban J connectivity index is 1.83. The summed E-state index contributed by atoms with van der Waals surface area (Å²) in [4.78, 5) is 28.9. The van der Waals surface area contributed by atoms with E-state index in [0.717, 1.165) is 32.1 Å². The molecule has 1 atom stereocenters. The predicted molar refractivity (Wildman–Crippen MR) is 121 cm³/mol. The zero-order chi connectivity index (χ0) is 23.1. The highest BCUT2D eigenvalue weighted by Gasteiger charge is 2.41. The van der Waals surface area contributed by atoms with E-state index in [-0.39, 0.29) is 15.9 Å². The Kier molecular flexibility index (Phi) is 8.08. The zero-order valence-corrected chi connectivity index (χ0v) is 19.6. The molecule has 11 heteroatoms. The van der Waals surface area contributed by atoms with Crippen LogP contribution in [0.2, 0.25) is 0 Å². The highest BCUT2D eigenvalue weighted by atomic mass is 32.2. The fourth-order valence-corrected chi connectivity index (χ4v) is 5.77. The van der Waals surface area contributed by atoms with Gasteiger partial charge in [-0.3, -0.25) is 14.3 Å². The van der Waals surface area contributed by atoms with E-state index < -0.39 is 33.9 Å². The topological polar surface area (TPSA) is 124 Å². The molecule has 174 valence electrons. The number of hydrogen-bond acceptors (Lipinski definition) is 9. The molecule has 1 heterocycles. The SMILES string of the molecule is COC(=O)C(C(=O)OC)[C@H](Nc1ccc(S(=O)(=O)Nc2nccs2)cc1)C1CCCCC1. The Morgan fingerprint density at radius 1 is 1.06 bits per heavy atom. The summed E-state index contributed by atoms with van der Waals surface area (Å²) in [7, 11) is -1.30. The fourth-order valence-electron chi connectivity index (χ4n) is 3.98. The number of ether oxygens (including phenoxy) is 2. The molecule has 32 heavy (non-hydrogen) atoms. The number of anilines is 2. The monoisotopic (exact) mass is 481 g/mol. The Labute approximate surface area is 191 Å². The van der Waals surface area contributed by atoms with E-state index in [1.807, 2.05) is 0 Å². The Morgan fingerprint density at radius 3 is 2.22 bits per heavy atom. The van der Waals surface area contributed by atoms with Crippen molar-refractivity contribution in [1.29, 1.82) is 0 Å². The van der Waals surface area contributed by atoms with Gasteiger partial charge in [-0.25, -0.2) is 13.4 Å². The van der Waals surface area contributed by atoms with Crippen LogP contribution in [0, 0.1) is 11.8 Å². The van der Waals surface area contributed by atoms with Crippen LogP contribution >= 0.6 is 11.3 Å². The van der Waals surface area contributed by atoms with Gasteiger partial charge in [0.15, 0.2) is 11.0 Å². The predicted octanol–water partition coefficient (Wildman–Crippen LogP) is 3.27. The molecule has 1 aromatic heterocycles. The molecule has 0 radical (unpaired) electrons. The number of rotatable bonds is 9. The highest BCUT2D eigenvalue weighted by Crippen LogP contribution is 2.33. The van der Waals surface area contributed by atoms with Crippen molar-refractivity contribution in [1.82, 2.24) is 4.98 Å². The van der Waals surface area contributed by atoms with Crippen LogP contribution in [0.3, 0.4) is 0 Å². The van der Waals surface area contributed by atoms with E-state index in [0.29, 0.717) is 5.69 Å². The number of nitrogens with zero attached hydrogens (tertiary/aromatic N) is 1. The summed E-state index contributed by atoms with van der Waals surface area (Å²) >= 11 is 1.18. The molecule has 0 unspecified atom stereocenters. The number of sulfonamides is 1. The maximum Gasteiger partial charge on any atom is 0.322 e. The van der Waals surface area contributed by atoms with Crippen molar-refractivity contribution in [3.63, 3.8) is 0 Å². The summed E-state index contributed by atoms with van der Waals surface area (Å²) in [5, 5.41) is 5.23. The molecule has 0 spiro atoms. The summed E-state index contributed by atoms with van der Waals surface area (Å²) in [5.41, 5.74) is 0.589. The maximum atomic E-state index is 12.6. The lowest BCUT2D eigenvalue weighted by molar-refractivity contribution is -0.160. The van der Waals surface area contributed by atoms with Crippen LogP contribution in [-0.4, -0.2) is 45.6 Å². The van der Waals surface area contributed by atoms with E-state index in [1.54, 1.807) is 17.5 Å². The number of carbonyl (C=O) groups excluding carboxylic acids is 2. The molecule has 0 saturated heterocycles. The van der Waals surface area contributed by atoms with Gasteiger partial charge in [-0.15, -0.1) is 11.3 Å². The first kappa shape index (κ1) is 24.0. The third-order valence-electron chi connectivity index (χ3n) is 5.58. The molecule has 3 rings (SSSR count). The molecular formula is C21H27N3O6S2. The second-order valence-electron chi connectivity index (χ2n) is 7.56. The Bertz CT molecular complexity index is 987. The van der Waals surface area contributed by atoms with Crippen LogP contribution in [0.5, 0.6) is 0 Å². The number of hydrogen-bond donors (Lipinski definition) is 2. The average Bonchev–Trinajstić information content (AvgIpc) is 3.31. The molecule has 0 aliphatic heterocycles. The van der Waals surface area contributed by atoms with E-state index in [4.69, 9.17) is 9.47 Å². The Morgan fingerprint density at radius 2 is 1.69 bits per heavy atom.